The second-order valence-electron chi connectivity index (χ2n) is 4.64. The van der Waals surface area contributed by atoms with E-state index in [4.69, 9.17) is 0 Å². The molecule has 0 saturated heterocycles. The molecule has 0 radical (unpaired) electrons. The van der Waals surface area contributed by atoms with Gasteiger partial charge < -0.3 is 5.32 Å². The summed E-state index contributed by atoms with van der Waals surface area (Å²) >= 11 is 0. The average molecular weight is 231 g/mol. The lowest BCUT2D eigenvalue weighted by Crippen LogP contribution is -2.06. The summed E-state index contributed by atoms with van der Waals surface area (Å²) in [6.07, 6.45) is 2.44. The Morgan fingerprint density at radius 2 is 2.12 bits per heavy atom. The molecule has 1 N–H and O–H groups in total. The predicted octanol–water partition coefficient (Wildman–Crippen LogP) is 1.98. The number of nitrogens with zero attached hydrogens (tertiary/aromatic N) is 4. The van der Waals surface area contributed by atoms with Gasteiger partial charge in [-0.3, -0.25) is 4.68 Å². The van der Waals surface area contributed by atoms with E-state index in [1.54, 1.807) is 0 Å². The standard InChI is InChI=1S/C12H17N5/c1-4-13-12-10-9(7(2)16-17(10)3)14-11(15-12)8-5-6-8/h8H,4-6H2,1-3H3,(H,13,14,15). The summed E-state index contributed by atoms with van der Waals surface area (Å²) in [7, 11) is 1.94. The molecule has 1 aliphatic rings. The molecule has 2 aromatic heterocycles. The van der Waals surface area contributed by atoms with Crippen LogP contribution in [-0.4, -0.2) is 26.3 Å². The maximum atomic E-state index is 4.67. The minimum absolute atomic E-state index is 0.566. The highest BCUT2D eigenvalue weighted by Gasteiger charge is 2.28. The minimum atomic E-state index is 0.566. The summed E-state index contributed by atoms with van der Waals surface area (Å²) < 4.78 is 1.86. The number of aromatic nitrogens is 4. The summed E-state index contributed by atoms with van der Waals surface area (Å²) in [6, 6.07) is 0. The van der Waals surface area contributed by atoms with Crippen LogP contribution in [0, 0.1) is 6.92 Å². The maximum absolute atomic E-state index is 4.67. The van der Waals surface area contributed by atoms with E-state index < -0.39 is 0 Å². The van der Waals surface area contributed by atoms with E-state index >= 15 is 0 Å². The van der Waals surface area contributed by atoms with Gasteiger partial charge in [-0.1, -0.05) is 0 Å². The van der Waals surface area contributed by atoms with Crippen molar-refractivity contribution in [1.82, 2.24) is 19.7 Å². The molecule has 90 valence electrons. The van der Waals surface area contributed by atoms with Gasteiger partial charge in [-0.2, -0.15) is 5.10 Å². The zero-order valence-electron chi connectivity index (χ0n) is 10.5. The van der Waals surface area contributed by atoms with Gasteiger partial charge in [0.15, 0.2) is 5.82 Å². The van der Waals surface area contributed by atoms with Crippen LogP contribution in [0.3, 0.4) is 0 Å². The van der Waals surface area contributed by atoms with Crippen molar-refractivity contribution in [2.45, 2.75) is 32.6 Å². The van der Waals surface area contributed by atoms with Gasteiger partial charge >= 0.3 is 0 Å². The molecule has 1 aliphatic carbocycles. The topological polar surface area (TPSA) is 55.6 Å². The smallest absolute Gasteiger partial charge is 0.156 e. The van der Waals surface area contributed by atoms with E-state index in [0.717, 1.165) is 34.9 Å². The van der Waals surface area contributed by atoms with E-state index in [2.05, 4.69) is 27.3 Å². The van der Waals surface area contributed by atoms with Crippen molar-refractivity contribution in [3.63, 3.8) is 0 Å². The third kappa shape index (κ3) is 1.66. The first-order chi connectivity index (χ1) is 8.20. The molecule has 0 aromatic carbocycles. The highest BCUT2D eigenvalue weighted by atomic mass is 15.3. The van der Waals surface area contributed by atoms with Crippen molar-refractivity contribution in [2.24, 2.45) is 7.05 Å². The lowest BCUT2D eigenvalue weighted by molar-refractivity contribution is 0.781. The number of fused-ring (bicyclic) bond motifs is 1. The Labute approximate surface area is 100 Å². The fourth-order valence-electron chi connectivity index (χ4n) is 2.17. The van der Waals surface area contributed by atoms with E-state index in [1.165, 1.54) is 12.8 Å². The molecule has 3 rings (SSSR count). The number of nitrogens with one attached hydrogen (secondary N) is 1. The molecule has 5 nitrogen and oxygen atoms in total. The zero-order chi connectivity index (χ0) is 12.0. The van der Waals surface area contributed by atoms with Gasteiger partial charge in [0.2, 0.25) is 0 Å². The lowest BCUT2D eigenvalue weighted by Gasteiger charge is -2.07. The van der Waals surface area contributed by atoms with Crippen molar-refractivity contribution in [1.29, 1.82) is 0 Å². The molecule has 1 fully saturated rings. The average Bonchev–Trinajstić information content (AvgIpc) is 3.08. The Morgan fingerprint density at radius 3 is 2.76 bits per heavy atom. The molecular weight excluding hydrogens is 214 g/mol. The number of hydrogen-bond acceptors (Lipinski definition) is 4. The maximum Gasteiger partial charge on any atom is 0.156 e. The molecule has 1 saturated carbocycles. The summed E-state index contributed by atoms with van der Waals surface area (Å²) in [4.78, 5) is 9.31. The van der Waals surface area contributed by atoms with Crippen molar-refractivity contribution in [3.05, 3.63) is 11.5 Å². The first kappa shape index (κ1) is 10.5. The molecule has 0 amide bonds. The van der Waals surface area contributed by atoms with Crippen LogP contribution in [0.4, 0.5) is 5.82 Å². The molecule has 0 aliphatic heterocycles. The molecule has 0 atom stereocenters. The zero-order valence-corrected chi connectivity index (χ0v) is 10.5. The SMILES string of the molecule is CCNc1nc(C2CC2)nc2c(C)nn(C)c12. The molecule has 0 spiro atoms. The number of anilines is 1. The normalized spacial score (nSPS) is 15.5. The van der Waals surface area contributed by atoms with Crippen molar-refractivity contribution in [2.75, 3.05) is 11.9 Å². The van der Waals surface area contributed by atoms with Gasteiger partial charge in [0.25, 0.3) is 0 Å². The van der Waals surface area contributed by atoms with Crippen LogP contribution in [0.2, 0.25) is 0 Å². The van der Waals surface area contributed by atoms with Gasteiger partial charge in [-0.25, -0.2) is 9.97 Å². The predicted molar refractivity (Wildman–Crippen MR) is 67.2 cm³/mol. The Kier molecular flexibility index (Phi) is 2.28. The molecule has 5 heteroatoms. The van der Waals surface area contributed by atoms with Gasteiger partial charge in [0, 0.05) is 19.5 Å². The van der Waals surface area contributed by atoms with Crippen molar-refractivity contribution in [3.8, 4) is 0 Å². The highest BCUT2D eigenvalue weighted by molar-refractivity contribution is 5.87. The summed E-state index contributed by atoms with van der Waals surface area (Å²) in [5, 5.41) is 7.74. The van der Waals surface area contributed by atoms with E-state index in [9.17, 15) is 0 Å². The number of hydrogen-bond donors (Lipinski definition) is 1. The Morgan fingerprint density at radius 1 is 1.35 bits per heavy atom. The molecule has 0 bridgehead atoms. The monoisotopic (exact) mass is 231 g/mol. The van der Waals surface area contributed by atoms with Crippen LogP contribution in [0.1, 0.15) is 37.2 Å². The lowest BCUT2D eigenvalue weighted by atomic mass is 10.3. The largest absolute Gasteiger partial charge is 0.368 e. The van der Waals surface area contributed by atoms with Crippen molar-refractivity contribution < 1.29 is 0 Å². The third-order valence-electron chi connectivity index (χ3n) is 3.15. The summed E-state index contributed by atoms with van der Waals surface area (Å²) in [5.41, 5.74) is 2.97. The van der Waals surface area contributed by atoms with E-state index in [0.29, 0.717) is 5.92 Å². The molecule has 2 heterocycles. The molecule has 2 aromatic rings. The van der Waals surface area contributed by atoms with Crippen LogP contribution in [0.15, 0.2) is 0 Å². The first-order valence-corrected chi connectivity index (χ1v) is 6.15. The Hall–Kier alpha value is -1.65. The molecule has 17 heavy (non-hydrogen) atoms. The van der Waals surface area contributed by atoms with Crippen LogP contribution >= 0.6 is 0 Å². The summed E-state index contributed by atoms with van der Waals surface area (Å²) in [6.45, 7) is 4.94. The second-order valence-corrected chi connectivity index (χ2v) is 4.64. The van der Waals surface area contributed by atoms with Crippen molar-refractivity contribution >= 4 is 16.9 Å². The Balaban J connectivity index is 2.25. The van der Waals surface area contributed by atoms with Crippen LogP contribution < -0.4 is 5.32 Å². The quantitative estimate of drug-likeness (QED) is 0.877. The first-order valence-electron chi connectivity index (χ1n) is 6.15. The fourth-order valence-corrected chi connectivity index (χ4v) is 2.17. The Bertz CT molecular complexity index is 568. The highest BCUT2D eigenvalue weighted by Crippen LogP contribution is 2.39. The van der Waals surface area contributed by atoms with Gasteiger partial charge in [0.1, 0.15) is 16.9 Å². The van der Waals surface area contributed by atoms with Crippen LogP contribution in [0.5, 0.6) is 0 Å². The van der Waals surface area contributed by atoms with E-state index in [-0.39, 0.29) is 0 Å². The number of rotatable bonds is 3. The second kappa shape index (κ2) is 3.68. The van der Waals surface area contributed by atoms with Gasteiger partial charge in [-0.15, -0.1) is 0 Å². The molecular formula is C12H17N5. The van der Waals surface area contributed by atoms with Gasteiger partial charge in [-0.05, 0) is 26.7 Å². The van der Waals surface area contributed by atoms with E-state index in [1.807, 2.05) is 18.7 Å². The minimum Gasteiger partial charge on any atom is -0.368 e. The summed E-state index contributed by atoms with van der Waals surface area (Å²) in [5.74, 6) is 2.46. The number of aryl methyl sites for hydroxylation is 2. The van der Waals surface area contributed by atoms with Crippen LogP contribution in [-0.2, 0) is 7.05 Å². The van der Waals surface area contributed by atoms with Gasteiger partial charge in [0.05, 0.1) is 5.69 Å². The molecule has 0 unspecified atom stereocenters. The fraction of sp³-hybridized carbons (Fsp3) is 0.583. The third-order valence-corrected chi connectivity index (χ3v) is 3.15. The van der Waals surface area contributed by atoms with Crippen LogP contribution in [0.25, 0.3) is 11.0 Å².